The molecule has 2 amide bonds. The molecule has 0 saturated carbocycles. The van der Waals surface area contributed by atoms with Crippen LogP contribution in [0.15, 0.2) is 48.7 Å². The monoisotopic (exact) mass is 424 g/mol. The van der Waals surface area contributed by atoms with Gasteiger partial charge in [-0.2, -0.15) is 0 Å². The van der Waals surface area contributed by atoms with Gasteiger partial charge in [-0.25, -0.2) is 4.98 Å². The Morgan fingerprint density at radius 2 is 1.77 bits per heavy atom. The molecule has 2 aromatic rings. The normalized spacial score (nSPS) is 19.7. The molecule has 3 rings (SSSR count). The summed E-state index contributed by atoms with van der Waals surface area (Å²) in [6.07, 6.45) is 2.30. The van der Waals surface area contributed by atoms with Crippen LogP contribution in [0.3, 0.4) is 0 Å². The van der Waals surface area contributed by atoms with Gasteiger partial charge >= 0.3 is 0 Å². The van der Waals surface area contributed by atoms with E-state index in [1.807, 2.05) is 56.3 Å². The highest BCUT2D eigenvalue weighted by Gasteiger charge is 2.25. The van der Waals surface area contributed by atoms with Gasteiger partial charge in [0.15, 0.2) is 0 Å². The topological polar surface area (TPSA) is 83.6 Å². The second kappa shape index (κ2) is 10.4. The van der Waals surface area contributed by atoms with Crippen LogP contribution in [0.25, 0.3) is 0 Å². The Balaban J connectivity index is 1.70. The molecule has 3 atom stereocenters. The maximum atomic E-state index is 13.0. The van der Waals surface area contributed by atoms with E-state index in [2.05, 4.69) is 34.4 Å². The lowest BCUT2D eigenvalue weighted by molar-refractivity contribution is -0.127. The van der Waals surface area contributed by atoms with Crippen LogP contribution in [-0.2, 0) is 14.3 Å². The number of aromatic nitrogens is 1. The summed E-state index contributed by atoms with van der Waals surface area (Å²) < 4.78 is 5.78. The molecule has 31 heavy (non-hydrogen) atoms. The SMILES string of the molecule is CC(C)CC(=O)NC(C(=O)Nc1ccc(N2CC(C)OC(C)C2)nc1)c1ccccc1. The number of carbonyl (C=O) groups excluding carboxylic acids is 2. The van der Waals surface area contributed by atoms with Gasteiger partial charge in [-0.05, 0) is 37.5 Å². The van der Waals surface area contributed by atoms with Crippen LogP contribution in [0.5, 0.6) is 0 Å². The van der Waals surface area contributed by atoms with Crippen molar-refractivity contribution in [2.24, 2.45) is 5.92 Å². The molecule has 1 aromatic carbocycles. The highest BCUT2D eigenvalue weighted by molar-refractivity contribution is 5.97. The first-order valence-electron chi connectivity index (χ1n) is 10.8. The van der Waals surface area contributed by atoms with Crippen molar-refractivity contribution in [3.63, 3.8) is 0 Å². The summed E-state index contributed by atoms with van der Waals surface area (Å²) in [4.78, 5) is 32.1. The van der Waals surface area contributed by atoms with Crippen molar-refractivity contribution in [2.45, 2.75) is 52.4 Å². The molecular weight excluding hydrogens is 392 g/mol. The highest BCUT2D eigenvalue weighted by atomic mass is 16.5. The molecule has 1 aliphatic rings. The predicted octanol–water partition coefficient (Wildman–Crippen LogP) is 3.54. The third kappa shape index (κ3) is 6.52. The van der Waals surface area contributed by atoms with Gasteiger partial charge in [0.25, 0.3) is 5.91 Å². The number of anilines is 2. The standard InChI is InChI=1S/C24H32N4O3/c1-16(2)12-22(29)27-23(19-8-6-5-7-9-19)24(30)26-20-10-11-21(25-13-20)28-14-17(3)31-18(4)15-28/h5-11,13,16-18,23H,12,14-15H2,1-4H3,(H,26,30)(H,27,29). The van der Waals surface area contributed by atoms with E-state index >= 15 is 0 Å². The molecule has 7 heteroatoms. The number of carbonyl (C=O) groups is 2. The van der Waals surface area contributed by atoms with Gasteiger partial charge < -0.3 is 20.3 Å². The number of hydrogen-bond donors (Lipinski definition) is 2. The summed E-state index contributed by atoms with van der Waals surface area (Å²) in [5.74, 6) is 0.612. The van der Waals surface area contributed by atoms with Crippen LogP contribution in [0.4, 0.5) is 11.5 Å². The van der Waals surface area contributed by atoms with Crippen LogP contribution >= 0.6 is 0 Å². The fourth-order valence-electron chi connectivity index (χ4n) is 3.76. The molecule has 166 valence electrons. The number of hydrogen-bond acceptors (Lipinski definition) is 5. The average Bonchev–Trinajstić information content (AvgIpc) is 2.72. The fourth-order valence-corrected chi connectivity index (χ4v) is 3.76. The molecule has 1 saturated heterocycles. The Hall–Kier alpha value is -2.93. The maximum absolute atomic E-state index is 13.0. The lowest BCUT2D eigenvalue weighted by atomic mass is 10.0. The Morgan fingerprint density at radius 1 is 1.10 bits per heavy atom. The Morgan fingerprint density at radius 3 is 2.35 bits per heavy atom. The van der Waals surface area contributed by atoms with Gasteiger partial charge in [0.2, 0.25) is 5.91 Å². The molecule has 1 aromatic heterocycles. The van der Waals surface area contributed by atoms with Crippen molar-refractivity contribution in [3.8, 4) is 0 Å². The third-order valence-electron chi connectivity index (χ3n) is 5.05. The summed E-state index contributed by atoms with van der Waals surface area (Å²) in [5.41, 5.74) is 1.32. The highest BCUT2D eigenvalue weighted by Crippen LogP contribution is 2.21. The first kappa shape index (κ1) is 22.7. The van der Waals surface area contributed by atoms with Crippen molar-refractivity contribution in [2.75, 3.05) is 23.3 Å². The fraction of sp³-hybridized carbons (Fsp3) is 0.458. The molecular formula is C24H32N4O3. The Labute approximate surface area is 184 Å². The van der Waals surface area contributed by atoms with E-state index in [1.165, 1.54) is 0 Å². The number of nitrogens with one attached hydrogen (secondary N) is 2. The van der Waals surface area contributed by atoms with Crippen molar-refractivity contribution < 1.29 is 14.3 Å². The first-order chi connectivity index (χ1) is 14.8. The van der Waals surface area contributed by atoms with E-state index in [0.717, 1.165) is 24.5 Å². The molecule has 7 nitrogen and oxygen atoms in total. The van der Waals surface area contributed by atoms with Gasteiger partial charge in [0.05, 0.1) is 24.1 Å². The van der Waals surface area contributed by atoms with E-state index in [-0.39, 0.29) is 29.9 Å². The molecule has 2 N–H and O–H groups in total. The molecule has 0 aliphatic carbocycles. The number of rotatable bonds is 7. The van der Waals surface area contributed by atoms with E-state index in [1.54, 1.807) is 6.20 Å². The Bertz CT molecular complexity index is 860. The Kier molecular flexibility index (Phi) is 7.63. The van der Waals surface area contributed by atoms with E-state index < -0.39 is 6.04 Å². The van der Waals surface area contributed by atoms with Gasteiger partial charge in [0, 0.05) is 19.5 Å². The van der Waals surface area contributed by atoms with Crippen LogP contribution in [-0.4, -0.2) is 42.1 Å². The lowest BCUT2D eigenvalue weighted by Crippen LogP contribution is -2.45. The van der Waals surface area contributed by atoms with E-state index in [9.17, 15) is 9.59 Å². The van der Waals surface area contributed by atoms with Crippen molar-refractivity contribution in [3.05, 3.63) is 54.2 Å². The molecule has 1 aliphatic heterocycles. The third-order valence-corrected chi connectivity index (χ3v) is 5.05. The summed E-state index contributed by atoms with van der Waals surface area (Å²) in [6.45, 7) is 9.60. The molecule has 3 unspecified atom stereocenters. The molecule has 0 spiro atoms. The molecule has 0 bridgehead atoms. The van der Waals surface area contributed by atoms with Crippen LogP contribution in [0.2, 0.25) is 0 Å². The number of benzene rings is 1. The molecule has 2 heterocycles. The van der Waals surface area contributed by atoms with Gasteiger partial charge in [-0.1, -0.05) is 44.2 Å². The second-order valence-corrected chi connectivity index (χ2v) is 8.57. The minimum absolute atomic E-state index is 0.144. The van der Waals surface area contributed by atoms with Crippen LogP contribution < -0.4 is 15.5 Å². The minimum Gasteiger partial charge on any atom is -0.372 e. The number of amides is 2. The van der Waals surface area contributed by atoms with Crippen molar-refractivity contribution in [1.82, 2.24) is 10.3 Å². The number of ether oxygens (including phenoxy) is 1. The zero-order valence-electron chi connectivity index (χ0n) is 18.7. The van der Waals surface area contributed by atoms with Crippen molar-refractivity contribution in [1.29, 1.82) is 0 Å². The van der Waals surface area contributed by atoms with Gasteiger partial charge in [-0.3, -0.25) is 9.59 Å². The predicted molar refractivity (Wildman–Crippen MR) is 122 cm³/mol. The number of morpholine rings is 1. The molecule has 0 radical (unpaired) electrons. The summed E-state index contributed by atoms with van der Waals surface area (Å²) >= 11 is 0. The van der Waals surface area contributed by atoms with E-state index in [0.29, 0.717) is 12.1 Å². The summed E-state index contributed by atoms with van der Waals surface area (Å²) in [7, 11) is 0. The van der Waals surface area contributed by atoms with Gasteiger partial charge in [0.1, 0.15) is 11.9 Å². The second-order valence-electron chi connectivity index (χ2n) is 8.57. The van der Waals surface area contributed by atoms with E-state index in [4.69, 9.17) is 4.74 Å². The zero-order valence-corrected chi connectivity index (χ0v) is 18.7. The minimum atomic E-state index is -0.770. The van der Waals surface area contributed by atoms with Crippen LogP contribution in [0, 0.1) is 5.92 Å². The maximum Gasteiger partial charge on any atom is 0.251 e. The zero-order chi connectivity index (χ0) is 22.4. The summed E-state index contributed by atoms with van der Waals surface area (Å²) in [5, 5.41) is 5.75. The smallest absolute Gasteiger partial charge is 0.251 e. The number of nitrogens with zero attached hydrogens (tertiary/aromatic N) is 2. The number of pyridine rings is 1. The average molecular weight is 425 g/mol. The largest absolute Gasteiger partial charge is 0.372 e. The van der Waals surface area contributed by atoms with Crippen LogP contribution in [0.1, 0.15) is 45.7 Å². The van der Waals surface area contributed by atoms with Gasteiger partial charge in [-0.15, -0.1) is 0 Å². The van der Waals surface area contributed by atoms with Crippen molar-refractivity contribution >= 4 is 23.3 Å². The quantitative estimate of drug-likeness (QED) is 0.710. The first-order valence-corrected chi connectivity index (χ1v) is 10.8. The summed E-state index contributed by atoms with van der Waals surface area (Å²) in [6, 6.07) is 12.2. The lowest BCUT2D eigenvalue weighted by Gasteiger charge is -2.36. The molecule has 1 fully saturated rings.